The van der Waals surface area contributed by atoms with Crippen LogP contribution < -0.4 is 10.2 Å². The van der Waals surface area contributed by atoms with Gasteiger partial charge in [-0.1, -0.05) is 30.3 Å². The van der Waals surface area contributed by atoms with E-state index < -0.39 is 0 Å². The van der Waals surface area contributed by atoms with Crippen molar-refractivity contribution in [2.75, 3.05) is 30.4 Å². The van der Waals surface area contributed by atoms with E-state index in [2.05, 4.69) is 44.5 Å². The molecule has 0 amide bonds. The largest absolute Gasteiger partial charge is 0.369 e. The van der Waals surface area contributed by atoms with E-state index in [4.69, 9.17) is 0 Å². The van der Waals surface area contributed by atoms with Gasteiger partial charge in [-0.3, -0.25) is 4.98 Å². The Morgan fingerprint density at radius 3 is 2.68 bits per heavy atom. The van der Waals surface area contributed by atoms with Crippen molar-refractivity contribution in [3.8, 4) is 0 Å². The second-order valence-electron chi connectivity index (χ2n) is 4.45. The Bertz CT molecular complexity index is 499. The molecule has 0 radical (unpaired) electrons. The number of rotatable bonds is 6. The van der Waals surface area contributed by atoms with Crippen LogP contribution in [0.25, 0.3) is 0 Å². The molecule has 0 aliphatic carbocycles. The monoisotopic (exact) mass is 256 g/mol. The maximum absolute atomic E-state index is 4.53. The van der Waals surface area contributed by atoms with Gasteiger partial charge in [0.1, 0.15) is 11.6 Å². The fourth-order valence-electron chi connectivity index (χ4n) is 1.86. The normalized spacial score (nSPS) is 10.2. The Kier molecular flexibility index (Phi) is 4.72. The van der Waals surface area contributed by atoms with Crippen LogP contribution >= 0.6 is 0 Å². The number of anilines is 2. The second kappa shape index (κ2) is 6.73. The highest BCUT2D eigenvalue weighted by Gasteiger charge is 2.04. The Labute approximate surface area is 114 Å². The predicted octanol–water partition coefficient (Wildman–Crippen LogP) is 2.59. The standard InChI is InChI=1S/C15H20N4/c1-3-17-14-11-16-12-15(18-14)19(2)10-9-13-7-5-4-6-8-13/h4-8,11-12H,3,9-10H2,1-2H3,(H,17,18). The molecule has 0 bridgehead atoms. The number of hydrogen-bond acceptors (Lipinski definition) is 4. The zero-order valence-electron chi connectivity index (χ0n) is 11.5. The summed E-state index contributed by atoms with van der Waals surface area (Å²) in [6.45, 7) is 3.83. The van der Waals surface area contributed by atoms with Gasteiger partial charge < -0.3 is 10.2 Å². The highest BCUT2D eigenvalue weighted by Crippen LogP contribution is 2.11. The van der Waals surface area contributed by atoms with Crippen LogP contribution in [0.2, 0.25) is 0 Å². The van der Waals surface area contributed by atoms with Crippen LogP contribution in [0, 0.1) is 0 Å². The summed E-state index contributed by atoms with van der Waals surface area (Å²) in [4.78, 5) is 10.9. The van der Waals surface area contributed by atoms with Crippen molar-refractivity contribution in [1.82, 2.24) is 9.97 Å². The van der Waals surface area contributed by atoms with Crippen molar-refractivity contribution >= 4 is 11.6 Å². The third kappa shape index (κ3) is 3.95. The maximum Gasteiger partial charge on any atom is 0.149 e. The van der Waals surface area contributed by atoms with Gasteiger partial charge in [0.15, 0.2) is 0 Å². The van der Waals surface area contributed by atoms with Crippen molar-refractivity contribution in [1.29, 1.82) is 0 Å². The van der Waals surface area contributed by atoms with E-state index in [9.17, 15) is 0 Å². The van der Waals surface area contributed by atoms with Gasteiger partial charge in [-0.2, -0.15) is 0 Å². The molecule has 1 aromatic carbocycles. The van der Waals surface area contributed by atoms with E-state index in [-0.39, 0.29) is 0 Å². The summed E-state index contributed by atoms with van der Waals surface area (Å²) in [5, 5.41) is 3.18. The summed E-state index contributed by atoms with van der Waals surface area (Å²) in [5.41, 5.74) is 1.34. The van der Waals surface area contributed by atoms with Crippen LogP contribution in [-0.4, -0.2) is 30.1 Å². The molecule has 2 aromatic rings. The smallest absolute Gasteiger partial charge is 0.149 e. The molecule has 19 heavy (non-hydrogen) atoms. The van der Waals surface area contributed by atoms with E-state index in [1.165, 1.54) is 5.56 Å². The molecule has 1 aromatic heterocycles. The lowest BCUT2D eigenvalue weighted by atomic mass is 10.1. The summed E-state index contributed by atoms with van der Waals surface area (Å²) in [6, 6.07) is 10.5. The van der Waals surface area contributed by atoms with Gasteiger partial charge in [0.2, 0.25) is 0 Å². The highest BCUT2D eigenvalue weighted by molar-refractivity contribution is 5.43. The third-order valence-electron chi connectivity index (χ3n) is 2.95. The summed E-state index contributed by atoms with van der Waals surface area (Å²) >= 11 is 0. The number of hydrogen-bond donors (Lipinski definition) is 1. The molecule has 0 spiro atoms. The first kappa shape index (κ1) is 13.3. The molecule has 0 aliphatic heterocycles. The first-order valence-electron chi connectivity index (χ1n) is 6.60. The number of nitrogens with one attached hydrogen (secondary N) is 1. The van der Waals surface area contributed by atoms with Crippen molar-refractivity contribution in [2.45, 2.75) is 13.3 Å². The lowest BCUT2D eigenvalue weighted by Gasteiger charge is -2.18. The third-order valence-corrected chi connectivity index (χ3v) is 2.95. The zero-order valence-corrected chi connectivity index (χ0v) is 11.5. The Morgan fingerprint density at radius 2 is 1.95 bits per heavy atom. The van der Waals surface area contributed by atoms with E-state index in [1.54, 1.807) is 12.4 Å². The lowest BCUT2D eigenvalue weighted by molar-refractivity contribution is 0.855. The molecule has 0 aliphatic rings. The quantitative estimate of drug-likeness (QED) is 0.862. The van der Waals surface area contributed by atoms with Crippen LogP contribution in [0.1, 0.15) is 12.5 Å². The topological polar surface area (TPSA) is 41.1 Å². The van der Waals surface area contributed by atoms with Gasteiger partial charge in [-0.05, 0) is 18.9 Å². The molecule has 1 heterocycles. The SMILES string of the molecule is CCNc1cncc(N(C)CCc2ccccc2)n1. The molecule has 0 atom stereocenters. The first-order valence-corrected chi connectivity index (χ1v) is 6.60. The zero-order chi connectivity index (χ0) is 13.5. The first-order chi connectivity index (χ1) is 9.29. The lowest BCUT2D eigenvalue weighted by Crippen LogP contribution is -2.22. The molecule has 2 rings (SSSR count). The van der Waals surface area contributed by atoms with Crippen LogP contribution in [0.15, 0.2) is 42.7 Å². The van der Waals surface area contributed by atoms with Gasteiger partial charge >= 0.3 is 0 Å². The summed E-state index contributed by atoms with van der Waals surface area (Å²) in [5.74, 6) is 1.72. The summed E-state index contributed by atoms with van der Waals surface area (Å²) < 4.78 is 0. The summed E-state index contributed by atoms with van der Waals surface area (Å²) in [6.07, 6.45) is 4.55. The van der Waals surface area contributed by atoms with Crippen molar-refractivity contribution in [3.63, 3.8) is 0 Å². The van der Waals surface area contributed by atoms with Gasteiger partial charge in [0.25, 0.3) is 0 Å². The fourth-order valence-corrected chi connectivity index (χ4v) is 1.86. The molecule has 4 heteroatoms. The van der Waals surface area contributed by atoms with Crippen LogP contribution in [0.4, 0.5) is 11.6 Å². The second-order valence-corrected chi connectivity index (χ2v) is 4.45. The minimum absolute atomic E-state index is 0.826. The summed E-state index contributed by atoms with van der Waals surface area (Å²) in [7, 11) is 2.04. The average molecular weight is 256 g/mol. The van der Waals surface area contributed by atoms with Crippen molar-refractivity contribution in [2.24, 2.45) is 0 Å². The number of likely N-dealkylation sites (N-methyl/N-ethyl adjacent to an activating group) is 1. The highest BCUT2D eigenvalue weighted by atomic mass is 15.2. The van der Waals surface area contributed by atoms with Gasteiger partial charge in [0, 0.05) is 20.1 Å². The molecular formula is C15H20N4. The Morgan fingerprint density at radius 1 is 1.16 bits per heavy atom. The van der Waals surface area contributed by atoms with Gasteiger partial charge in [-0.25, -0.2) is 4.98 Å². The molecule has 100 valence electrons. The predicted molar refractivity (Wildman–Crippen MR) is 79.6 cm³/mol. The minimum Gasteiger partial charge on any atom is -0.369 e. The van der Waals surface area contributed by atoms with Gasteiger partial charge in [0.05, 0.1) is 12.4 Å². The van der Waals surface area contributed by atoms with Crippen LogP contribution in [0.3, 0.4) is 0 Å². The maximum atomic E-state index is 4.53. The number of benzene rings is 1. The molecule has 0 saturated carbocycles. The van der Waals surface area contributed by atoms with Crippen molar-refractivity contribution < 1.29 is 0 Å². The van der Waals surface area contributed by atoms with E-state index in [0.29, 0.717) is 0 Å². The van der Waals surface area contributed by atoms with Crippen molar-refractivity contribution in [3.05, 3.63) is 48.3 Å². The molecule has 0 fully saturated rings. The van der Waals surface area contributed by atoms with Crippen LogP contribution in [0.5, 0.6) is 0 Å². The average Bonchev–Trinajstić information content (AvgIpc) is 2.46. The molecule has 0 unspecified atom stereocenters. The van der Waals surface area contributed by atoms with Crippen LogP contribution in [-0.2, 0) is 6.42 Å². The van der Waals surface area contributed by atoms with E-state index in [1.807, 2.05) is 20.0 Å². The van der Waals surface area contributed by atoms with Gasteiger partial charge in [-0.15, -0.1) is 0 Å². The molecule has 1 N–H and O–H groups in total. The van der Waals surface area contributed by atoms with E-state index >= 15 is 0 Å². The molecular weight excluding hydrogens is 236 g/mol. The molecule has 4 nitrogen and oxygen atoms in total. The minimum atomic E-state index is 0.826. The number of aromatic nitrogens is 2. The molecule has 0 saturated heterocycles. The Hall–Kier alpha value is -2.10. The van der Waals surface area contributed by atoms with E-state index in [0.717, 1.165) is 31.1 Å². The Balaban J connectivity index is 1.95. The number of nitrogens with zero attached hydrogens (tertiary/aromatic N) is 3. The fraction of sp³-hybridized carbons (Fsp3) is 0.333.